The maximum absolute atomic E-state index is 13.4. The summed E-state index contributed by atoms with van der Waals surface area (Å²) in [5.41, 5.74) is 4.04. The highest BCUT2D eigenvalue weighted by atomic mass is 32.1. The first-order chi connectivity index (χ1) is 16.9. The maximum atomic E-state index is 13.4. The first-order valence-electron chi connectivity index (χ1n) is 11.4. The smallest absolute Gasteiger partial charge is 0.301 e. The number of hydrogen-bond acceptors (Lipinski definition) is 6. The summed E-state index contributed by atoms with van der Waals surface area (Å²) in [6, 6.07) is 19.6. The van der Waals surface area contributed by atoms with Crippen LogP contribution in [0.15, 0.2) is 72.3 Å². The van der Waals surface area contributed by atoms with Gasteiger partial charge in [-0.3, -0.25) is 14.5 Å². The van der Waals surface area contributed by atoms with E-state index in [1.165, 1.54) is 16.2 Å². The minimum absolute atomic E-state index is 0.0527. The molecule has 4 aromatic rings. The van der Waals surface area contributed by atoms with Gasteiger partial charge in [0.15, 0.2) is 5.13 Å². The van der Waals surface area contributed by atoms with Gasteiger partial charge < -0.3 is 9.84 Å². The van der Waals surface area contributed by atoms with Gasteiger partial charge in [0.1, 0.15) is 11.5 Å². The van der Waals surface area contributed by atoms with Gasteiger partial charge in [-0.1, -0.05) is 71.0 Å². The second-order valence-corrected chi connectivity index (χ2v) is 9.51. The topological polar surface area (TPSA) is 79.7 Å². The van der Waals surface area contributed by atoms with E-state index < -0.39 is 17.7 Å². The van der Waals surface area contributed by atoms with Gasteiger partial charge >= 0.3 is 5.91 Å². The molecule has 2 heterocycles. The fraction of sp³-hybridized carbons (Fsp3) is 0.179. The lowest BCUT2D eigenvalue weighted by molar-refractivity contribution is -0.132. The Bertz CT molecular complexity index is 1470. The van der Waals surface area contributed by atoms with Gasteiger partial charge in [0.2, 0.25) is 0 Å². The van der Waals surface area contributed by atoms with Crippen molar-refractivity contribution in [2.75, 3.05) is 11.5 Å². The number of aryl methyl sites for hydroxylation is 2. The Labute approximate surface area is 207 Å². The summed E-state index contributed by atoms with van der Waals surface area (Å²) in [5, 5.41) is 11.6. The van der Waals surface area contributed by atoms with E-state index in [4.69, 9.17) is 4.74 Å². The van der Waals surface area contributed by atoms with Crippen molar-refractivity contribution in [2.45, 2.75) is 26.8 Å². The molecule has 0 unspecified atom stereocenters. The summed E-state index contributed by atoms with van der Waals surface area (Å²) in [5.74, 6) is -0.931. The van der Waals surface area contributed by atoms with Crippen LogP contribution in [0.5, 0.6) is 5.75 Å². The van der Waals surface area contributed by atoms with E-state index >= 15 is 0 Å². The molecule has 0 spiro atoms. The SMILES string of the molecule is CCOc1ccc2nc(N3C(=O)C(=O)/C(=C(/O)c4ccc(C)cc4)[C@@H]3c3ccc(C)cc3)sc2c1. The number of carbonyl (C=O) groups excluding carboxylic acids is 2. The van der Waals surface area contributed by atoms with Gasteiger partial charge in [0, 0.05) is 5.56 Å². The molecule has 5 rings (SSSR count). The van der Waals surface area contributed by atoms with Gasteiger partial charge in [-0.25, -0.2) is 4.98 Å². The highest BCUT2D eigenvalue weighted by Crippen LogP contribution is 2.44. The number of hydrogen-bond donors (Lipinski definition) is 1. The number of amides is 1. The first-order valence-corrected chi connectivity index (χ1v) is 12.2. The number of aliphatic hydroxyl groups is 1. The molecule has 0 radical (unpaired) electrons. The Hall–Kier alpha value is -3.97. The maximum Gasteiger partial charge on any atom is 0.301 e. The minimum atomic E-state index is -0.802. The van der Waals surface area contributed by atoms with Crippen molar-refractivity contribution in [1.29, 1.82) is 0 Å². The Morgan fingerprint density at radius 3 is 2.31 bits per heavy atom. The molecule has 1 N–H and O–H groups in total. The lowest BCUT2D eigenvalue weighted by Crippen LogP contribution is -2.29. The van der Waals surface area contributed by atoms with Crippen LogP contribution in [0.4, 0.5) is 5.13 Å². The summed E-state index contributed by atoms with van der Waals surface area (Å²) in [4.78, 5) is 32.8. The van der Waals surface area contributed by atoms with Crippen LogP contribution < -0.4 is 9.64 Å². The van der Waals surface area contributed by atoms with Gasteiger partial charge in [-0.2, -0.15) is 0 Å². The van der Waals surface area contributed by atoms with Crippen molar-refractivity contribution >= 4 is 44.1 Å². The molecule has 1 atom stereocenters. The van der Waals surface area contributed by atoms with E-state index in [2.05, 4.69) is 4.98 Å². The van der Waals surface area contributed by atoms with Crippen LogP contribution >= 0.6 is 11.3 Å². The molecule has 1 aromatic heterocycles. The Balaban J connectivity index is 1.69. The van der Waals surface area contributed by atoms with Crippen molar-refractivity contribution in [3.8, 4) is 5.75 Å². The molecule has 35 heavy (non-hydrogen) atoms. The van der Waals surface area contributed by atoms with E-state index in [0.717, 1.165) is 21.4 Å². The minimum Gasteiger partial charge on any atom is -0.507 e. The van der Waals surface area contributed by atoms with E-state index in [9.17, 15) is 14.7 Å². The van der Waals surface area contributed by atoms with Crippen LogP contribution in [0.2, 0.25) is 0 Å². The molecule has 7 heteroatoms. The fourth-order valence-electron chi connectivity index (χ4n) is 4.21. The van der Waals surface area contributed by atoms with E-state index in [-0.39, 0.29) is 11.3 Å². The van der Waals surface area contributed by atoms with E-state index in [0.29, 0.717) is 28.6 Å². The summed E-state index contributed by atoms with van der Waals surface area (Å²) >= 11 is 1.31. The van der Waals surface area contributed by atoms with Gasteiger partial charge in [-0.15, -0.1) is 0 Å². The lowest BCUT2D eigenvalue weighted by Gasteiger charge is -2.23. The number of benzene rings is 3. The van der Waals surface area contributed by atoms with Crippen LogP contribution in [-0.2, 0) is 9.59 Å². The largest absolute Gasteiger partial charge is 0.507 e. The Morgan fingerprint density at radius 2 is 1.66 bits per heavy atom. The molecule has 3 aromatic carbocycles. The van der Waals surface area contributed by atoms with Gasteiger partial charge in [0.25, 0.3) is 5.78 Å². The monoisotopic (exact) mass is 484 g/mol. The number of carbonyl (C=O) groups is 2. The fourth-order valence-corrected chi connectivity index (χ4v) is 5.23. The Morgan fingerprint density at radius 1 is 1.00 bits per heavy atom. The van der Waals surface area contributed by atoms with Gasteiger partial charge in [-0.05, 0) is 44.5 Å². The predicted molar refractivity (Wildman–Crippen MR) is 138 cm³/mol. The van der Waals surface area contributed by atoms with Crippen LogP contribution in [0, 0.1) is 13.8 Å². The molecule has 0 aliphatic carbocycles. The normalized spacial score (nSPS) is 17.3. The molecule has 1 fully saturated rings. The quantitative estimate of drug-likeness (QED) is 0.215. The number of fused-ring (bicyclic) bond motifs is 1. The van der Waals surface area contributed by atoms with E-state index in [1.54, 1.807) is 12.1 Å². The summed E-state index contributed by atoms with van der Waals surface area (Å²) < 4.78 is 6.44. The average Bonchev–Trinajstić information content (AvgIpc) is 3.38. The number of aliphatic hydroxyl groups excluding tert-OH is 1. The van der Waals surface area contributed by atoms with Gasteiger partial charge in [0.05, 0.1) is 28.4 Å². The third-order valence-electron chi connectivity index (χ3n) is 6.03. The molecular formula is C28H24N2O4S. The predicted octanol–water partition coefficient (Wildman–Crippen LogP) is 5.94. The summed E-state index contributed by atoms with van der Waals surface area (Å²) in [7, 11) is 0. The lowest BCUT2D eigenvalue weighted by atomic mass is 9.94. The average molecular weight is 485 g/mol. The zero-order chi connectivity index (χ0) is 24.7. The number of Topliss-reactive ketones (excluding diaryl/α,β-unsaturated/α-hetero) is 1. The number of ketones is 1. The standard InChI is InChI=1S/C28H24N2O4S/c1-4-34-20-13-14-21-22(15-20)35-28(29-21)30-24(18-9-5-16(2)6-10-18)23(26(32)27(30)33)25(31)19-11-7-17(3)8-12-19/h5-15,24,31H,4H2,1-3H3/b25-23+/t24-/m0/s1. The zero-order valence-electron chi connectivity index (χ0n) is 19.6. The van der Waals surface area contributed by atoms with Crippen molar-refractivity contribution in [3.63, 3.8) is 0 Å². The molecule has 0 saturated carbocycles. The molecule has 1 aliphatic heterocycles. The Kier molecular flexibility index (Phi) is 5.86. The van der Waals surface area contributed by atoms with Crippen LogP contribution in [0.25, 0.3) is 16.0 Å². The second kappa shape index (κ2) is 9.00. The van der Waals surface area contributed by atoms with Crippen molar-refractivity contribution in [2.24, 2.45) is 0 Å². The summed E-state index contributed by atoms with van der Waals surface area (Å²) in [6.07, 6.45) is 0. The number of nitrogens with zero attached hydrogens (tertiary/aromatic N) is 2. The highest BCUT2D eigenvalue weighted by molar-refractivity contribution is 7.22. The summed E-state index contributed by atoms with van der Waals surface area (Å²) in [6.45, 7) is 6.37. The van der Waals surface area contributed by atoms with Crippen molar-refractivity contribution in [3.05, 3.63) is 94.6 Å². The number of aromatic nitrogens is 1. The number of thiazole rings is 1. The van der Waals surface area contributed by atoms with Crippen LogP contribution in [0.3, 0.4) is 0 Å². The van der Waals surface area contributed by atoms with Crippen LogP contribution in [0.1, 0.15) is 35.2 Å². The number of anilines is 1. The molecule has 1 amide bonds. The molecule has 176 valence electrons. The van der Waals surface area contributed by atoms with Crippen molar-refractivity contribution in [1.82, 2.24) is 4.98 Å². The highest BCUT2D eigenvalue weighted by Gasteiger charge is 2.48. The molecule has 1 aliphatic rings. The number of ether oxygens (including phenoxy) is 1. The molecule has 0 bridgehead atoms. The molecule has 6 nitrogen and oxygen atoms in total. The first kappa shape index (κ1) is 22.8. The zero-order valence-corrected chi connectivity index (χ0v) is 20.4. The van der Waals surface area contributed by atoms with E-state index in [1.807, 2.05) is 75.4 Å². The third kappa shape index (κ3) is 4.08. The van der Waals surface area contributed by atoms with Crippen molar-refractivity contribution < 1.29 is 19.4 Å². The second-order valence-electron chi connectivity index (χ2n) is 8.50. The van der Waals surface area contributed by atoms with Crippen LogP contribution in [-0.4, -0.2) is 28.4 Å². The number of rotatable bonds is 5. The molecule has 1 saturated heterocycles. The third-order valence-corrected chi connectivity index (χ3v) is 7.05. The molecular weight excluding hydrogens is 460 g/mol.